The molecule has 0 aromatic heterocycles. The normalized spacial score (nSPS) is 34.8. The van der Waals surface area contributed by atoms with Crippen LogP contribution in [-0.4, -0.2) is 36.2 Å². The lowest BCUT2D eigenvalue weighted by Gasteiger charge is -2.33. The molecule has 0 aromatic rings. The second kappa shape index (κ2) is 5.36. The predicted molar refractivity (Wildman–Crippen MR) is 78.5 cm³/mol. The van der Waals surface area contributed by atoms with Crippen LogP contribution in [0.15, 0.2) is 0 Å². The zero-order valence-electron chi connectivity index (χ0n) is 12.5. The Morgan fingerprint density at radius 3 is 2.39 bits per heavy atom. The smallest absolute Gasteiger partial charge is 0.324 e. The highest BCUT2D eigenvalue weighted by Crippen LogP contribution is 2.41. The van der Waals surface area contributed by atoms with Gasteiger partial charge < -0.3 is 13.3 Å². The van der Waals surface area contributed by atoms with Gasteiger partial charge in [-0.1, -0.05) is 0 Å². The van der Waals surface area contributed by atoms with Gasteiger partial charge >= 0.3 is 8.56 Å². The van der Waals surface area contributed by atoms with Gasteiger partial charge in [-0.05, 0) is 63.8 Å². The Balaban J connectivity index is 1.78. The maximum atomic E-state index is 6.33. The van der Waals surface area contributed by atoms with Crippen LogP contribution in [0.1, 0.15) is 25.7 Å². The van der Waals surface area contributed by atoms with E-state index in [2.05, 4.69) is 26.2 Å². The van der Waals surface area contributed by atoms with Crippen molar-refractivity contribution in [3.05, 3.63) is 0 Å². The molecule has 2 rings (SSSR count). The second-order valence-electron chi connectivity index (χ2n) is 6.98. The van der Waals surface area contributed by atoms with Gasteiger partial charge in [0.1, 0.15) is 0 Å². The van der Waals surface area contributed by atoms with Crippen molar-refractivity contribution >= 4 is 16.9 Å². The van der Waals surface area contributed by atoms with Crippen LogP contribution in [0.3, 0.4) is 0 Å². The van der Waals surface area contributed by atoms with Gasteiger partial charge in [0.15, 0.2) is 8.32 Å². The summed E-state index contributed by atoms with van der Waals surface area (Å²) in [6.45, 7) is 8.98. The van der Waals surface area contributed by atoms with E-state index in [0.29, 0.717) is 12.2 Å². The highest BCUT2D eigenvalue weighted by molar-refractivity contribution is 6.81. The van der Waals surface area contributed by atoms with Crippen molar-refractivity contribution in [1.82, 2.24) is 0 Å². The summed E-state index contributed by atoms with van der Waals surface area (Å²) in [4.78, 5) is 0. The van der Waals surface area contributed by atoms with E-state index in [0.717, 1.165) is 12.0 Å². The third kappa shape index (κ3) is 4.16. The fraction of sp³-hybridized carbons (Fsp3) is 1.00. The van der Waals surface area contributed by atoms with Crippen molar-refractivity contribution in [2.75, 3.05) is 7.11 Å². The van der Waals surface area contributed by atoms with Crippen molar-refractivity contribution in [2.24, 2.45) is 5.92 Å². The molecule has 2 aliphatic rings. The highest BCUT2D eigenvalue weighted by Gasteiger charge is 2.44. The zero-order chi connectivity index (χ0) is 13.4. The first kappa shape index (κ1) is 14.7. The third-order valence-corrected chi connectivity index (χ3v) is 10.3. The molecule has 0 aromatic carbocycles. The molecule has 0 N–H and O–H groups in total. The van der Waals surface area contributed by atoms with Crippen LogP contribution in [0.25, 0.3) is 0 Å². The first-order chi connectivity index (χ1) is 8.31. The average molecular weight is 289 g/mol. The molecule has 2 fully saturated rings. The summed E-state index contributed by atoms with van der Waals surface area (Å²) >= 11 is 0. The molecule has 3 nitrogen and oxygen atoms in total. The van der Waals surface area contributed by atoms with Gasteiger partial charge in [-0.15, -0.1) is 0 Å². The summed E-state index contributed by atoms with van der Waals surface area (Å²) in [5, 5.41) is 0. The number of hydrogen-bond donors (Lipinski definition) is 0. The molecule has 0 amide bonds. The monoisotopic (exact) mass is 288 g/mol. The first-order valence-electron chi connectivity index (χ1n) is 7.22. The summed E-state index contributed by atoms with van der Waals surface area (Å²) in [7, 11) is -1.60. The lowest BCUT2D eigenvalue weighted by Crippen LogP contribution is -2.46. The van der Waals surface area contributed by atoms with Gasteiger partial charge in [0, 0.05) is 7.11 Å². The fourth-order valence-corrected chi connectivity index (χ4v) is 10.1. The Morgan fingerprint density at radius 1 is 1.11 bits per heavy atom. The van der Waals surface area contributed by atoms with Crippen LogP contribution in [0.4, 0.5) is 0 Å². The maximum absolute atomic E-state index is 6.33. The molecule has 4 unspecified atom stereocenters. The standard InChI is InChI=1S/C13H28O3Si2/c1-14-18(5,16-17(2,3)4)9-8-11-6-7-12-13(10-11)15-12/h11-13H,6-10H2,1-5H3. The van der Waals surface area contributed by atoms with E-state index in [4.69, 9.17) is 13.3 Å². The van der Waals surface area contributed by atoms with Gasteiger partial charge in [0.2, 0.25) is 0 Å². The van der Waals surface area contributed by atoms with Gasteiger partial charge in [-0.2, -0.15) is 0 Å². The van der Waals surface area contributed by atoms with Crippen LogP contribution in [0.2, 0.25) is 32.2 Å². The maximum Gasteiger partial charge on any atom is 0.324 e. The van der Waals surface area contributed by atoms with Crippen molar-refractivity contribution in [3.8, 4) is 0 Å². The molecule has 1 saturated heterocycles. The summed E-state index contributed by atoms with van der Waals surface area (Å²) in [6.07, 6.45) is 6.35. The molecular formula is C13H28O3Si2. The van der Waals surface area contributed by atoms with Crippen molar-refractivity contribution in [1.29, 1.82) is 0 Å². The molecule has 1 heterocycles. The minimum absolute atomic E-state index is 0.595. The van der Waals surface area contributed by atoms with Crippen molar-refractivity contribution in [2.45, 2.75) is 70.1 Å². The lowest BCUT2D eigenvalue weighted by atomic mass is 9.88. The Bertz CT molecular complexity index is 292. The number of hydrogen-bond acceptors (Lipinski definition) is 3. The summed E-state index contributed by atoms with van der Waals surface area (Å²) in [5.41, 5.74) is 0. The average Bonchev–Trinajstić information content (AvgIpc) is 3.02. The Morgan fingerprint density at radius 2 is 1.83 bits per heavy atom. The molecular weight excluding hydrogens is 260 g/mol. The largest absolute Gasteiger partial charge is 0.436 e. The number of rotatable bonds is 6. The molecule has 0 spiro atoms. The zero-order valence-corrected chi connectivity index (χ0v) is 14.5. The van der Waals surface area contributed by atoms with Gasteiger partial charge in [0.25, 0.3) is 0 Å². The SMILES string of the molecule is CO[Si](C)(CCC1CCC2OC2C1)O[Si](C)(C)C. The topological polar surface area (TPSA) is 31.0 Å². The molecule has 1 aliphatic heterocycles. The molecule has 5 heteroatoms. The van der Waals surface area contributed by atoms with E-state index in [1.165, 1.54) is 25.7 Å². The minimum Gasteiger partial charge on any atom is -0.436 e. The quantitative estimate of drug-likeness (QED) is 0.553. The minimum atomic E-state index is -1.93. The van der Waals surface area contributed by atoms with Crippen molar-refractivity contribution in [3.63, 3.8) is 0 Å². The second-order valence-corrected chi connectivity index (χ2v) is 15.2. The van der Waals surface area contributed by atoms with E-state index in [9.17, 15) is 0 Å². The van der Waals surface area contributed by atoms with Crippen LogP contribution in [0, 0.1) is 5.92 Å². The Kier molecular flexibility index (Phi) is 4.38. The van der Waals surface area contributed by atoms with E-state index in [-0.39, 0.29) is 0 Å². The van der Waals surface area contributed by atoms with Gasteiger partial charge in [-0.25, -0.2) is 0 Å². The first-order valence-corrected chi connectivity index (χ1v) is 13.2. The highest BCUT2D eigenvalue weighted by atomic mass is 28.4. The molecule has 0 bridgehead atoms. The number of ether oxygens (including phenoxy) is 1. The van der Waals surface area contributed by atoms with Gasteiger partial charge in [-0.3, -0.25) is 0 Å². The molecule has 4 atom stereocenters. The summed E-state index contributed by atoms with van der Waals surface area (Å²) < 4.78 is 17.7. The molecule has 18 heavy (non-hydrogen) atoms. The van der Waals surface area contributed by atoms with E-state index in [1.807, 2.05) is 7.11 Å². The number of epoxide rings is 1. The molecule has 106 valence electrons. The molecule has 0 radical (unpaired) electrons. The van der Waals surface area contributed by atoms with Crippen LogP contribution >= 0.6 is 0 Å². The van der Waals surface area contributed by atoms with E-state index >= 15 is 0 Å². The van der Waals surface area contributed by atoms with Crippen LogP contribution in [0.5, 0.6) is 0 Å². The lowest BCUT2D eigenvalue weighted by molar-refractivity contribution is 0.289. The van der Waals surface area contributed by atoms with E-state index < -0.39 is 16.9 Å². The summed E-state index contributed by atoms with van der Waals surface area (Å²) in [6, 6.07) is 1.13. The summed E-state index contributed by atoms with van der Waals surface area (Å²) in [5.74, 6) is 0.834. The Labute approximate surface area is 114 Å². The van der Waals surface area contributed by atoms with E-state index in [1.54, 1.807) is 0 Å². The fourth-order valence-electron chi connectivity index (χ4n) is 3.06. The molecule has 1 saturated carbocycles. The third-order valence-electron chi connectivity index (χ3n) is 4.07. The molecule has 1 aliphatic carbocycles. The van der Waals surface area contributed by atoms with Crippen LogP contribution in [-0.2, 0) is 13.3 Å². The Hall–Kier alpha value is 0.314. The number of fused-ring (bicyclic) bond motifs is 1. The van der Waals surface area contributed by atoms with Gasteiger partial charge in [0.05, 0.1) is 12.2 Å². The predicted octanol–water partition coefficient (Wildman–Crippen LogP) is 3.51. The van der Waals surface area contributed by atoms with Crippen molar-refractivity contribution < 1.29 is 13.3 Å². The van der Waals surface area contributed by atoms with Crippen LogP contribution < -0.4 is 0 Å².